The molecule has 6 heterocycles. The first kappa shape index (κ1) is 31.8. The molecule has 0 saturated carbocycles. The molecule has 0 radical (unpaired) electrons. The molecule has 262 valence electrons. The van der Waals surface area contributed by atoms with E-state index in [4.69, 9.17) is 18.8 Å². The summed E-state index contributed by atoms with van der Waals surface area (Å²) in [6.07, 6.45) is 7.36. The normalized spacial score (nSPS) is 11.6. The SMILES string of the molecule is c1ccc(-c2ccc(-c3ccc4oc5c(-c6ccc(-c7ccnc8c7oc7ccc(-c9ccc(-c%10ccccn%10)cc9)cc78)cc6)ccnc5c4c3)cc2)nc1. The molecule has 0 fully saturated rings. The average molecular weight is 719 g/mol. The Morgan fingerprint density at radius 3 is 1.11 bits per heavy atom. The molecular weight excluding hydrogens is 689 g/mol. The second kappa shape index (κ2) is 13.0. The Bertz CT molecular complexity index is 2990. The highest BCUT2D eigenvalue weighted by molar-refractivity contribution is 6.10. The standard InChI is InChI=1S/C50H30N4O2/c1-3-25-51-43(5-1)35-15-7-31(8-16-35)37-19-21-45-41(29-37)47-49(55-45)39(23-27-53-47)33-11-13-34(14-12-33)40-24-28-54-48-42-30-38(20-22-46(42)56-50(40)48)32-9-17-36(18-10-32)44-6-2-4-26-52-44/h1-30H. The van der Waals surface area contributed by atoms with E-state index in [9.17, 15) is 0 Å². The minimum absolute atomic E-state index is 0.767. The summed E-state index contributed by atoms with van der Waals surface area (Å²) < 4.78 is 13.0. The van der Waals surface area contributed by atoms with Gasteiger partial charge in [0.05, 0.1) is 11.4 Å². The Hall–Kier alpha value is -7.70. The number of benzene rings is 5. The molecule has 0 N–H and O–H groups in total. The van der Waals surface area contributed by atoms with E-state index in [1.54, 1.807) is 0 Å². The molecule has 0 amide bonds. The monoisotopic (exact) mass is 718 g/mol. The molecule has 5 aromatic carbocycles. The molecular formula is C50H30N4O2. The van der Waals surface area contributed by atoms with E-state index >= 15 is 0 Å². The number of fused-ring (bicyclic) bond motifs is 6. The zero-order valence-electron chi connectivity index (χ0n) is 29.9. The minimum Gasteiger partial charge on any atom is -0.454 e. The fourth-order valence-electron chi connectivity index (χ4n) is 7.69. The van der Waals surface area contributed by atoms with Gasteiger partial charge in [0, 0.05) is 57.8 Å². The lowest BCUT2D eigenvalue weighted by Gasteiger charge is -2.06. The van der Waals surface area contributed by atoms with E-state index in [1.807, 2.05) is 85.5 Å². The summed E-state index contributed by atoms with van der Waals surface area (Å²) >= 11 is 0. The maximum atomic E-state index is 6.48. The number of aromatic nitrogens is 4. The molecule has 0 unspecified atom stereocenters. The van der Waals surface area contributed by atoms with Crippen LogP contribution < -0.4 is 0 Å². The fourth-order valence-corrected chi connectivity index (χ4v) is 7.69. The Morgan fingerprint density at radius 2 is 0.696 bits per heavy atom. The van der Waals surface area contributed by atoms with Crippen molar-refractivity contribution in [2.24, 2.45) is 0 Å². The van der Waals surface area contributed by atoms with Gasteiger partial charge in [-0.25, -0.2) is 0 Å². The van der Waals surface area contributed by atoms with Crippen LogP contribution in [0.4, 0.5) is 0 Å². The van der Waals surface area contributed by atoms with Crippen molar-refractivity contribution in [3.8, 4) is 67.0 Å². The van der Waals surface area contributed by atoms with Crippen LogP contribution in [-0.4, -0.2) is 19.9 Å². The van der Waals surface area contributed by atoms with E-state index in [-0.39, 0.29) is 0 Å². The second-order valence-corrected chi connectivity index (χ2v) is 13.9. The van der Waals surface area contributed by atoms with E-state index in [2.05, 4.69) is 107 Å². The van der Waals surface area contributed by atoms with E-state index in [1.165, 1.54) is 0 Å². The van der Waals surface area contributed by atoms with Gasteiger partial charge in [-0.15, -0.1) is 0 Å². The van der Waals surface area contributed by atoms with Crippen LogP contribution in [-0.2, 0) is 0 Å². The molecule has 56 heavy (non-hydrogen) atoms. The van der Waals surface area contributed by atoms with Crippen LogP contribution in [0.5, 0.6) is 0 Å². The first-order chi connectivity index (χ1) is 27.7. The van der Waals surface area contributed by atoms with Gasteiger partial charge in [0.2, 0.25) is 0 Å². The summed E-state index contributed by atoms with van der Waals surface area (Å²) in [4.78, 5) is 18.5. The summed E-state index contributed by atoms with van der Waals surface area (Å²) in [7, 11) is 0. The Kier molecular flexibility index (Phi) is 7.38. The predicted molar refractivity (Wildman–Crippen MR) is 225 cm³/mol. The molecule has 11 rings (SSSR count). The summed E-state index contributed by atoms with van der Waals surface area (Å²) in [5.74, 6) is 0. The third-order valence-electron chi connectivity index (χ3n) is 10.6. The van der Waals surface area contributed by atoms with Gasteiger partial charge in [-0.3, -0.25) is 19.9 Å². The van der Waals surface area contributed by atoms with Gasteiger partial charge < -0.3 is 8.83 Å². The molecule has 0 atom stereocenters. The van der Waals surface area contributed by atoms with Gasteiger partial charge in [-0.05, 0) is 94.0 Å². The van der Waals surface area contributed by atoms with Crippen molar-refractivity contribution in [3.63, 3.8) is 0 Å². The van der Waals surface area contributed by atoms with Crippen LogP contribution >= 0.6 is 0 Å². The third-order valence-corrected chi connectivity index (χ3v) is 10.6. The average Bonchev–Trinajstić information content (AvgIpc) is 3.85. The number of hydrogen-bond acceptors (Lipinski definition) is 6. The number of nitrogens with zero attached hydrogens (tertiary/aromatic N) is 4. The summed E-state index contributed by atoms with van der Waals surface area (Å²) in [6, 6.07) is 54.1. The minimum atomic E-state index is 0.767. The number of pyridine rings is 4. The number of hydrogen-bond donors (Lipinski definition) is 0. The molecule has 6 nitrogen and oxygen atoms in total. The molecule has 6 heteroatoms. The predicted octanol–water partition coefficient (Wildman–Crippen LogP) is 13.1. The lowest BCUT2D eigenvalue weighted by atomic mass is 9.99. The van der Waals surface area contributed by atoms with Gasteiger partial charge in [0.1, 0.15) is 22.2 Å². The quantitative estimate of drug-likeness (QED) is 0.170. The van der Waals surface area contributed by atoms with E-state index in [0.717, 1.165) is 111 Å². The Morgan fingerprint density at radius 1 is 0.304 bits per heavy atom. The first-order valence-corrected chi connectivity index (χ1v) is 18.5. The Balaban J connectivity index is 0.902. The molecule has 0 spiro atoms. The first-order valence-electron chi connectivity index (χ1n) is 18.5. The Labute approximate surface area is 321 Å². The third kappa shape index (κ3) is 5.43. The molecule has 0 aliphatic heterocycles. The van der Waals surface area contributed by atoms with Gasteiger partial charge >= 0.3 is 0 Å². The highest BCUT2D eigenvalue weighted by Gasteiger charge is 2.17. The summed E-state index contributed by atoms with van der Waals surface area (Å²) in [5.41, 5.74) is 17.4. The lowest BCUT2D eigenvalue weighted by molar-refractivity contribution is 0.669. The summed E-state index contributed by atoms with van der Waals surface area (Å²) in [5, 5.41) is 1.97. The second-order valence-electron chi connectivity index (χ2n) is 13.9. The van der Waals surface area contributed by atoms with Crippen molar-refractivity contribution in [2.45, 2.75) is 0 Å². The van der Waals surface area contributed by atoms with E-state index < -0.39 is 0 Å². The molecule has 0 aliphatic carbocycles. The molecule has 0 aliphatic rings. The maximum absolute atomic E-state index is 6.48. The lowest BCUT2D eigenvalue weighted by Crippen LogP contribution is -1.85. The van der Waals surface area contributed by atoms with Crippen molar-refractivity contribution in [3.05, 3.63) is 183 Å². The van der Waals surface area contributed by atoms with Gasteiger partial charge in [-0.2, -0.15) is 0 Å². The van der Waals surface area contributed by atoms with Crippen LogP contribution in [0, 0.1) is 0 Å². The largest absolute Gasteiger partial charge is 0.454 e. The number of rotatable bonds is 6. The number of furan rings is 2. The van der Waals surface area contributed by atoms with Gasteiger partial charge in [0.15, 0.2) is 11.2 Å². The van der Waals surface area contributed by atoms with Gasteiger partial charge in [0.25, 0.3) is 0 Å². The summed E-state index contributed by atoms with van der Waals surface area (Å²) in [6.45, 7) is 0. The van der Waals surface area contributed by atoms with Crippen LogP contribution in [0.25, 0.3) is 111 Å². The molecule has 6 aromatic heterocycles. The molecule has 0 saturated heterocycles. The smallest absolute Gasteiger partial charge is 0.161 e. The van der Waals surface area contributed by atoms with Crippen molar-refractivity contribution in [1.82, 2.24) is 19.9 Å². The van der Waals surface area contributed by atoms with Crippen LogP contribution in [0.1, 0.15) is 0 Å². The highest BCUT2D eigenvalue weighted by atomic mass is 16.3. The zero-order valence-corrected chi connectivity index (χ0v) is 29.9. The maximum Gasteiger partial charge on any atom is 0.161 e. The van der Waals surface area contributed by atoms with Gasteiger partial charge in [-0.1, -0.05) is 97.1 Å². The molecule has 11 aromatic rings. The highest BCUT2D eigenvalue weighted by Crippen LogP contribution is 2.40. The van der Waals surface area contributed by atoms with E-state index in [0.29, 0.717) is 0 Å². The van der Waals surface area contributed by atoms with Crippen LogP contribution in [0.15, 0.2) is 191 Å². The van der Waals surface area contributed by atoms with Crippen molar-refractivity contribution >= 4 is 44.1 Å². The van der Waals surface area contributed by atoms with Crippen LogP contribution in [0.3, 0.4) is 0 Å². The van der Waals surface area contributed by atoms with Crippen molar-refractivity contribution < 1.29 is 8.83 Å². The van der Waals surface area contributed by atoms with Crippen LogP contribution in [0.2, 0.25) is 0 Å². The topological polar surface area (TPSA) is 77.8 Å². The fraction of sp³-hybridized carbons (Fsp3) is 0. The van der Waals surface area contributed by atoms with Crippen molar-refractivity contribution in [1.29, 1.82) is 0 Å². The van der Waals surface area contributed by atoms with Crippen molar-refractivity contribution in [2.75, 3.05) is 0 Å². The zero-order chi connectivity index (χ0) is 37.0. The molecule has 0 bridgehead atoms.